The first-order valence-corrected chi connectivity index (χ1v) is 11.4. The average molecular weight is 518 g/mol. The predicted octanol–water partition coefficient (Wildman–Crippen LogP) is 7.54. The molecule has 0 radical (unpaired) electrons. The van der Waals surface area contributed by atoms with E-state index in [1.165, 1.54) is 6.92 Å². The summed E-state index contributed by atoms with van der Waals surface area (Å²) < 4.78 is 57.6. The van der Waals surface area contributed by atoms with Gasteiger partial charge < -0.3 is 25.4 Å². The SMILES string of the molecule is Cc1c(-c2cc(Oc3ccc(N)cc3)cc(Oc3ccc(N)cc3)c2)oc2ccc(C(F)(F)F)cc2c1=O. The minimum atomic E-state index is -4.59. The van der Waals surface area contributed by atoms with E-state index in [4.69, 9.17) is 25.4 Å². The zero-order valence-electron chi connectivity index (χ0n) is 20.0. The second-order valence-electron chi connectivity index (χ2n) is 8.63. The van der Waals surface area contributed by atoms with Gasteiger partial charge in [0.05, 0.1) is 10.9 Å². The van der Waals surface area contributed by atoms with Gasteiger partial charge in [-0.3, -0.25) is 4.79 Å². The largest absolute Gasteiger partial charge is 0.457 e. The van der Waals surface area contributed by atoms with Crippen molar-refractivity contribution < 1.29 is 27.1 Å². The Morgan fingerprint density at radius 2 is 1.24 bits per heavy atom. The highest BCUT2D eigenvalue weighted by atomic mass is 19.4. The van der Waals surface area contributed by atoms with Gasteiger partial charge in [0.2, 0.25) is 0 Å². The lowest BCUT2D eigenvalue weighted by atomic mass is 10.0. The van der Waals surface area contributed by atoms with Crippen molar-refractivity contribution in [3.05, 3.63) is 106 Å². The van der Waals surface area contributed by atoms with Crippen molar-refractivity contribution in [1.82, 2.24) is 0 Å². The van der Waals surface area contributed by atoms with Crippen LogP contribution in [0.3, 0.4) is 0 Å². The molecule has 0 atom stereocenters. The fraction of sp³-hybridized carbons (Fsp3) is 0.0690. The van der Waals surface area contributed by atoms with Crippen LogP contribution in [0, 0.1) is 6.92 Å². The van der Waals surface area contributed by atoms with Crippen LogP contribution in [0.1, 0.15) is 11.1 Å². The first-order chi connectivity index (χ1) is 18.1. The zero-order chi connectivity index (χ0) is 27.0. The van der Waals surface area contributed by atoms with Crippen molar-refractivity contribution in [1.29, 1.82) is 0 Å². The number of nitrogens with two attached hydrogens (primary N) is 2. The molecule has 5 rings (SSSR count). The molecule has 1 aromatic heterocycles. The molecule has 0 aliphatic rings. The summed E-state index contributed by atoms with van der Waals surface area (Å²) in [5.74, 6) is 1.92. The molecule has 5 aromatic rings. The van der Waals surface area contributed by atoms with E-state index < -0.39 is 17.2 Å². The zero-order valence-corrected chi connectivity index (χ0v) is 20.0. The molecule has 9 heteroatoms. The molecule has 0 spiro atoms. The Labute approximate surface area is 214 Å². The summed E-state index contributed by atoms with van der Waals surface area (Å²) in [7, 11) is 0. The summed E-state index contributed by atoms with van der Waals surface area (Å²) in [6.45, 7) is 1.49. The van der Waals surface area contributed by atoms with E-state index in [1.54, 1.807) is 66.7 Å². The summed E-state index contributed by atoms with van der Waals surface area (Å²) in [5.41, 5.74) is 11.8. The lowest BCUT2D eigenvalue weighted by molar-refractivity contribution is -0.137. The number of hydrogen-bond donors (Lipinski definition) is 2. The van der Waals surface area contributed by atoms with Crippen molar-refractivity contribution in [3.63, 3.8) is 0 Å². The Kier molecular flexibility index (Phi) is 6.20. The third-order valence-electron chi connectivity index (χ3n) is 5.82. The average Bonchev–Trinajstić information content (AvgIpc) is 2.88. The highest BCUT2D eigenvalue weighted by Crippen LogP contribution is 2.37. The van der Waals surface area contributed by atoms with E-state index in [2.05, 4.69) is 0 Å². The summed E-state index contributed by atoms with van der Waals surface area (Å²) >= 11 is 0. The number of halogens is 3. The molecular formula is C29H21F3N2O4. The molecule has 0 amide bonds. The molecule has 0 bridgehead atoms. The number of hydrogen-bond acceptors (Lipinski definition) is 6. The van der Waals surface area contributed by atoms with E-state index in [9.17, 15) is 18.0 Å². The van der Waals surface area contributed by atoms with Gasteiger partial charge in [0.25, 0.3) is 0 Å². The van der Waals surface area contributed by atoms with Crippen LogP contribution in [-0.4, -0.2) is 0 Å². The fourth-order valence-corrected chi connectivity index (χ4v) is 3.90. The summed E-state index contributed by atoms with van der Waals surface area (Å²) in [5, 5.41) is -0.159. The van der Waals surface area contributed by atoms with Gasteiger partial charge in [-0.1, -0.05) is 0 Å². The first kappa shape index (κ1) is 24.8. The Bertz CT molecular complexity index is 1630. The molecule has 0 aliphatic carbocycles. The summed E-state index contributed by atoms with van der Waals surface area (Å²) in [4.78, 5) is 13.1. The Morgan fingerprint density at radius 3 is 1.74 bits per heavy atom. The number of benzene rings is 4. The summed E-state index contributed by atoms with van der Waals surface area (Å²) in [6.07, 6.45) is -4.59. The van der Waals surface area contributed by atoms with E-state index in [1.807, 2.05) is 0 Å². The smallest absolute Gasteiger partial charge is 0.416 e. The minimum Gasteiger partial charge on any atom is -0.457 e. The fourth-order valence-electron chi connectivity index (χ4n) is 3.90. The third kappa shape index (κ3) is 5.12. The van der Waals surface area contributed by atoms with E-state index >= 15 is 0 Å². The number of fused-ring (bicyclic) bond motifs is 1. The molecule has 0 saturated heterocycles. The van der Waals surface area contributed by atoms with Gasteiger partial charge in [-0.15, -0.1) is 0 Å². The molecule has 6 nitrogen and oxygen atoms in total. The predicted molar refractivity (Wildman–Crippen MR) is 140 cm³/mol. The molecule has 0 saturated carbocycles. The van der Waals surface area contributed by atoms with Crippen LogP contribution < -0.4 is 26.4 Å². The highest BCUT2D eigenvalue weighted by molar-refractivity contribution is 5.81. The lowest BCUT2D eigenvalue weighted by Crippen LogP contribution is -2.10. The standard InChI is InChI=1S/C29H21F3N2O4/c1-16-27(35)25-14-18(29(30,31)32)2-11-26(25)38-28(16)17-12-23(36-21-7-3-19(33)4-8-21)15-24(13-17)37-22-9-5-20(34)6-10-22/h2-15H,33-34H2,1H3. The van der Waals surface area contributed by atoms with Crippen molar-refractivity contribution in [2.75, 3.05) is 11.5 Å². The second kappa shape index (κ2) is 9.51. The van der Waals surface area contributed by atoms with Crippen LogP contribution >= 0.6 is 0 Å². The topological polar surface area (TPSA) is 101 Å². The van der Waals surface area contributed by atoms with E-state index in [0.717, 1.165) is 18.2 Å². The van der Waals surface area contributed by atoms with E-state index in [-0.39, 0.29) is 22.3 Å². The van der Waals surface area contributed by atoms with Crippen LogP contribution in [-0.2, 0) is 6.18 Å². The van der Waals surface area contributed by atoms with Crippen molar-refractivity contribution in [2.45, 2.75) is 13.1 Å². The van der Waals surface area contributed by atoms with E-state index in [0.29, 0.717) is 39.9 Å². The van der Waals surface area contributed by atoms with Gasteiger partial charge in [0.15, 0.2) is 5.43 Å². The van der Waals surface area contributed by atoms with Crippen molar-refractivity contribution >= 4 is 22.3 Å². The molecular weight excluding hydrogens is 497 g/mol. The quantitative estimate of drug-likeness (QED) is 0.233. The van der Waals surface area contributed by atoms with Crippen LogP contribution in [0.5, 0.6) is 23.0 Å². The number of ether oxygens (including phenoxy) is 2. The van der Waals surface area contributed by atoms with Gasteiger partial charge in [0.1, 0.15) is 34.3 Å². The van der Waals surface area contributed by atoms with Gasteiger partial charge in [-0.2, -0.15) is 13.2 Å². The van der Waals surface area contributed by atoms with Gasteiger partial charge >= 0.3 is 6.18 Å². The summed E-state index contributed by atoms with van der Waals surface area (Å²) in [6, 6.07) is 21.3. The van der Waals surface area contributed by atoms with Gasteiger partial charge in [-0.25, -0.2) is 0 Å². The molecule has 1 heterocycles. The molecule has 0 unspecified atom stereocenters. The molecule has 38 heavy (non-hydrogen) atoms. The van der Waals surface area contributed by atoms with Crippen LogP contribution in [0.15, 0.2) is 94.1 Å². The minimum absolute atomic E-state index is 0.0226. The molecule has 192 valence electrons. The molecule has 4 N–H and O–H groups in total. The highest BCUT2D eigenvalue weighted by Gasteiger charge is 2.31. The van der Waals surface area contributed by atoms with Crippen LogP contribution in [0.2, 0.25) is 0 Å². The van der Waals surface area contributed by atoms with Crippen LogP contribution in [0.4, 0.5) is 24.5 Å². The van der Waals surface area contributed by atoms with Crippen molar-refractivity contribution in [2.24, 2.45) is 0 Å². The Morgan fingerprint density at radius 1 is 0.711 bits per heavy atom. The first-order valence-electron chi connectivity index (χ1n) is 11.4. The van der Waals surface area contributed by atoms with Gasteiger partial charge in [-0.05, 0) is 85.8 Å². The lowest BCUT2D eigenvalue weighted by Gasteiger charge is -2.14. The second-order valence-corrected chi connectivity index (χ2v) is 8.63. The Balaban J connectivity index is 1.63. The number of alkyl halides is 3. The normalized spacial score (nSPS) is 11.5. The molecule has 4 aromatic carbocycles. The van der Waals surface area contributed by atoms with Gasteiger partial charge in [0, 0.05) is 28.6 Å². The maximum atomic E-state index is 13.2. The van der Waals surface area contributed by atoms with Crippen LogP contribution in [0.25, 0.3) is 22.3 Å². The number of nitrogen functional groups attached to an aromatic ring is 2. The number of rotatable bonds is 5. The third-order valence-corrected chi connectivity index (χ3v) is 5.82. The van der Waals surface area contributed by atoms with Crippen molar-refractivity contribution in [3.8, 4) is 34.3 Å². The maximum Gasteiger partial charge on any atom is 0.416 e. The maximum absolute atomic E-state index is 13.2. The Hall–Kier alpha value is -4.92. The molecule has 0 aliphatic heterocycles. The molecule has 0 fully saturated rings. The number of anilines is 2. The monoisotopic (exact) mass is 518 g/mol.